The van der Waals surface area contributed by atoms with Crippen molar-refractivity contribution in [3.63, 3.8) is 0 Å². The largest absolute Gasteiger partial charge is 0.489 e. The van der Waals surface area contributed by atoms with Crippen LogP contribution in [0.15, 0.2) is 103 Å². The van der Waals surface area contributed by atoms with E-state index in [9.17, 15) is 4.79 Å². The lowest BCUT2D eigenvalue weighted by Gasteiger charge is -2.09. The van der Waals surface area contributed by atoms with Crippen LogP contribution in [0.5, 0.6) is 17.2 Å². The summed E-state index contributed by atoms with van der Waals surface area (Å²) in [7, 11) is 0. The fraction of sp³-hybridized carbons (Fsp3) is 0.0400. The molecule has 3 aromatic carbocycles. The number of hydrogen-bond donors (Lipinski definition) is 1. The van der Waals surface area contributed by atoms with Gasteiger partial charge in [0.05, 0.1) is 0 Å². The number of aromatic nitrogens is 1. The number of hydrogen-bond acceptors (Lipinski definition) is 4. The predicted molar refractivity (Wildman–Crippen MR) is 116 cm³/mol. The van der Waals surface area contributed by atoms with E-state index in [1.54, 1.807) is 60.9 Å². The minimum absolute atomic E-state index is 0.173. The number of nitrogens with zero attached hydrogens (tertiary/aromatic N) is 1. The first-order valence-electron chi connectivity index (χ1n) is 9.52. The number of ether oxygens (including phenoxy) is 2. The Hall–Kier alpha value is -4.12. The van der Waals surface area contributed by atoms with Crippen LogP contribution in [0, 0.1) is 0 Å². The van der Waals surface area contributed by atoms with Crippen molar-refractivity contribution in [2.45, 2.75) is 6.61 Å². The van der Waals surface area contributed by atoms with E-state index in [0.717, 1.165) is 11.3 Å². The molecule has 1 heterocycles. The summed E-state index contributed by atoms with van der Waals surface area (Å²) in [4.78, 5) is 16.5. The fourth-order valence-electron chi connectivity index (χ4n) is 2.79. The van der Waals surface area contributed by atoms with Gasteiger partial charge in [-0.1, -0.05) is 30.3 Å². The third-order valence-electron chi connectivity index (χ3n) is 4.36. The first-order chi connectivity index (χ1) is 14.8. The average Bonchev–Trinajstić information content (AvgIpc) is 2.81. The monoisotopic (exact) mass is 396 g/mol. The van der Waals surface area contributed by atoms with Crippen LogP contribution in [-0.4, -0.2) is 10.9 Å². The highest BCUT2D eigenvalue weighted by Gasteiger charge is 2.07. The SMILES string of the molecule is O=C(Nc1ccc(Oc2ccncc2)cc1)c1ccc(COc2ccccc2)cc1. The van der Waals surface area contributed by atoms with Gasteiger partial charge in [0.15, 0.2) is 0 Å². The van der Waals surface area contributed by atoms with Crippen LogP contribution < -0.4 is 14.8 Å². The molecule has 0 aliphatic heterocycles. The van der Waals surface area contributed by atoms with Crippen LogP contribution in [-0.2, 0) is 6.61 Å². The van der Waals surface area contributed by atoms with Crippen LogP contribution in [0.2, 0.25) is 0 Å². The number of para-hydroxylation sites is 1. The lowest BCUT2D eigenvalue weighted by molar-refractivity contribution is 0.102. The molecule has 4 rings (SSSR count). The third kappa shape index (κ3) is 5.23. The molecule has 0 aliphatic rings. The number of amides is 1. The van der Waals surface area contributed by atoms with E-state index in [1.165, 1.54) is 0 Å². The molecule has 0 radical (unpaired) electrons. The Morgan fingerprint density at radius 2 is 1.40 bits per heavy atom. The highest BCUT2D eigenvalue weighted by molar-refractivity contribution is 6.04. The molecular weight excluding hydrogens is 376 g/mol. The zero-order chi connectivity index (χ0) is 20.6. The Labute approximate surface area is 174 Å². The number of benzene rings is 3. The molecule has 30 heavy (non-hydrogen) atoms. The first kappa shape index (κ1) is 19.2. The predicted octanol–water partition coefficient (Wildman–Crippen LogP) is 5.71. The summed E-state index contributed by atoms with van der Waals surface area (Å²) in [6, 6.07) is 27.8. The minimum Gasteiger partial charge on any atom is -0.489 e. The summed E-state index contributed by atoms with van der Waals surface area (Å²) in [5.74, 6) is 2.03. The molecule has 0 unspecified atom stereocenters. The van der Waals surface area contributed by atoms with Gasteiger partial charge in [0.1, 0.15) is 23.9 Å². The van der Waals surface area contributed by atoms with E-state index in [4.69, 9.17) is 9.47 Å². The molecule has 0 fully saturated rings. The molecule has 0 saturated heterocycles. The van der Waals surface area contributed by atoms with Gasteiger partial charge < -0.3 is 14.8 Å². The van der Waals surface area contributed by atoms with Crippen LogP contribution in [0.4, 0.5) is 5.69 Å². The van der Waals surface area contributed by atoms with Gasteiger partial charge in [-0.25, -0.2) is 0 Å². The summed E-state index contributed by atoms with van der Waals surface area (Å²) < 4.78 is 11.5. The smallest absolute Gasteiger partial charge is 0.255 e. The van der Waals surface area contributed by atoms with Crippen molar-refractivity contribution in [3.05, 3.63) is 115 Å². The fourth-order valence-corrected chi connectivity index (χ4v) is 2.79. The van der Waals surface area contributed by atoms with Crippen LogP contribution in [0.3, 0.4) is 0 Å². The van der Waals surface area contributed by atoms with Crippen molar-refractivity contribution >= 4 is 11.6 Å². The summed E-state index contributed by atoms with van der Waals surface area (Å²) in [6.07, 6.45) is 3.34. The number of carbonyl (C=O) groups excluding carboxylic acids is 1. The molecule has 0 spiro atoms. The second-order valence-corrected chi connectivity index (χ2v) is 6.56. The summed E-state index contributed by atoms with van der Waals surface area (Å²) in [5.41, 5.74) is 2.27. The van der Waals surface area contributed by atoms with E-state index >= 15 is 0 Å². The van der Waals surface area contributed by atoms with Gasteiger partial charge in [-0.3, -0.25) is 9.78 Å². The minimum atomic E-state index is -0.173. The maximum atomic E-state index is 12.5. The van der Waals surface area contributed by atoms with Crippen molar-refractivity contribution in [2.24, 2.45) is 0 Å². The normalized spacial score (nSPS) is 10.3. The average molecular weight is 396 g/mol. The molecule has 5 heteroatoms. The van der Waals surface area contributed by atoms with Crippen molar-refractivity contribution in [1.29, 1.82) is 0 Å². The van der Waals surface area contributed by atoms with Crippen LogP contribution in [0.1, 0.15) is 15.9 Å². The Bertz CT molecular complexity index is 1080. The van der Waals surface area contributed by atoms with E-state index < -0.39 is 0 Å². The molecule has 0 aliphatic carbocycles. The molecule has 1 aromatic heterocycles. The summed E-state index contributed by atoms with van der Waals surface area (Å²) in [5, 5.41) is 2.89. The Kier molecular flexibility index (Phi) is 6.01. The maximum Gasteiger partial charge on any atom is 0.255 e. The van der Waals surface area contributed by atoms with Gasteiger partial charge >= 0.3 is 0 Å². The molecule has 4 aromatic rings. The summed E-state index contributed by atoms with van der Waals surface area (Å²) in [6.45, 7) is 0.449. The van der Waals surface area contributed by atoms with Gasteiger partial charge in [-0.15, -0.1) is 0 Å². The van der Waals surface area contributed by atoms with E-state index in [1.807, 2.05) is 42.5 Å². The number of pyridine rings is 1. The first-order valence-corrected chi connectivity index (χ1v) is 9.52. The highest BCUT2D eigenvalue weighted by atomic mass is 16.5. The Morgan fingerprint density at radius 1 is 0.733 bits per heavy atom. The molecular formula is C25H20N2O3. The molecule has 1 N–H and O–H groups in total. The topological polar surface area (TPSA) is 60.5 Å². The Balaban J connectivity index is 1.32. The number of anilines is 1. The number of carbonyl (C=O) groups is 1. The van der Waals surface area contributed by atoms with Crippen LogP contribution >= 0.6 is 0 Å². The number of nitrogens with one attached hydrogen (secondary N) is 1. The highest BCUT2D eigenvalue weighted by Crippen LogP contribution is 2.22. The van der Waals surface area contributed by atoms with Crippen molar-refractivity contribution in [3.8, 4) is 17.2 Å². The van der Waals surface area contributed by atoms with Gasteiger partial charge in [0.25, 0.3) is 5.91 Å². The molecule has 1 amide bonds. The standard InChI is InChI=1S/C25H20N2O3/c28-25(20-8-6-19(7-9-20)18-29-22-4-2-1-3-5-22)27-21-10-12-23(13-11-21)30-24-14-16-26-17-15-24/h1-17H,18H2,(H,27,28). The van der Waals surface area contributed by atoms with Gasteiger partial charge in [-0.2, -0.15) is 0 Å². The third-order valence-corrected chi connectivity index (χ3v) is 4.36. The zero-order valence-corrected chi connectivity index (χ0v) is 16.2. The maximum absolute atomic E-state index is 12.5. The molecule has 0 bridgehead atoms. The molecule has 5 nitrogen and oxygen atoms in total. The van der Waals surface area contributed by atoms with Crippen molar-refractivity contribution < 1.29 is 14.3 Å². The molecule has 0 atom stereocenters. The molecule has 0 saturated carbocycles. The van der Waals surface area contributed by atoms with E-state index in [0.29, 0.717) is 29.4 Å². The summed E-state index contributed by atoms with van der Waals surface area (Å²) >= 11 is 0. The van der Waals surface area contributed by atoms with E-state index in [2.05, 4.69) is 10.3 Å². The van der Waals surface area contributed by atoms with Crippen molar-refractivity contribution in [2.75, 3.05) is 5.32 Å². The lowest BCUT2D eigenvalue weighted by Crippen LogP contribution is -2.11. The van der Waals surface area contributed by atoms with Crippen molar-refractivity contribution in [1.82, 2.24) is 4.98 Å². The van der Waals surface area contributed by atoms with E-state index in [-0.39, 0.29) is 5.91 Å². The molecule has 148 valence electrons. The number of rotatable bonds is 7. The zero-order valence-electron chi connectivity index (χ0n) is 16.2. The second kappa shape index (κ2) is 9.39. The second-order valence-electron chi connectivity index (χ2n) is 6.56. The Morgan fingerprint density at radius 3 is 2.10 bits per heavy atom. The quantitative estimate of drug-likeness (QED) is 0.435. The van der Waals surface area contributed by atoms with Gasteiger partial charge in [-0.05, 0) is 66.2 Å². The van der Waals surface area contributed by atoms with Crippen LogP contribution in [0.25, 0.3) is 0 Å². The van der Waals surface area contributed by atoms with Gasteiger partial charge in [0.2, 0.25) is 0 Å². The van der Waals surface area contributed by atoms with Gasteiger partial charge in [0, 0.05) is 23.6 Å². The lowest BCUT2D eigenvalue weighted by atomic mass is 10.1.